The molecule has 0 aliphatic carbocycles. The third-order valence-electron chi connectivity index (χ3n) is 3.67. The van der Waals surface area contributed by atoms with Crippen LogP contribution in [0.2, 0.25) is 5.02 Å². The number of hydrogen-bond acceptors (Lipinski definition) is 3. The molecule has 2 atom stereocenters. The molecular formula is C15H22Cl2N2O. The van der Waals surface area contributed by atoms with E-state index in [1.54, 1.807) is 0 Å². The van der Waals surface area contributed by atoms with E-state index in [1.165, 1.54) is 12.8 Å². The lowest BCUT2D eigenvalue weighted by Crippen LogP contribution is -2.34. The van der Waals surface area contributed by atoms with E-state index in [0.29, 0.717) is 6.54 Å². The lowest BCUT2D eigenvalue weighted by molar-refractivity contribution is 0.211. The van der Waals surface area contributed by atoms with Crippen LogP contribution in [0.3, 0.4) is 0 Å². The maximum Gasteiger partial charge on any atom is 0.0847 e. The number of benzene rings is 1. The maximum absolute atomic E-state index is 9.44. The summed E-state index contributed by atoms with van der Waals surface area (Å²) in [6, 6.07) is 5.97. The molecule has 112 valence electrons. The summed E-state index contributed by atoms with van der Waals surface area (Å²) >= 11 is 12.0. The minimum Gasteiger partial charge on any atom is -0.390 e. The summed E-state index contributed by atoms with van der Waals surface area (Å²) in [7, 11) is 0. The summed E-state index contributed by atoms with van der Waals surface area (Å²) in [5.74, 6) is 0.946. The van der Waals surface area contributed by atoms with Crippen LogP contribution < -0.4 is 10.2 Å². The number of nitrogens with one attached hydrogen (secondary N) is 1. The molecule has 0 aromatic heterocycles. The molecule has 5 heteroatoms. The van der Waals surface area contributed by atoms with Crippen LogP contribution in [-0.2, 0) is 0 Å². The van der Waals surface area contributed by atoms with Crippen molar-refractivity contribution >= 4 is 34.6 Å². The van der Waals surface area contributed by atoms with Crippen molar-refractivity contribution < 1.29 is 5.11 Å². The minimum atomic E-state index is -0.543. The zero-order valence-corrected chi connectivity index (χ0v) is 13.3. The average molecular weight is 317 g/mol. The average Bonchev–Trinajstić information content (AvgIpc) is 2.44. The van der Waals surface area contributed by atoms with Gasteiger partial charge in [-0.15, -0.1) is 11.6 Å². The highest BCUT2D eigenvalue weighted by molar-refractivity contribution is 6.33. The number of hydrogen-bond donors (Lipinski definition) is 2. The van der Waals surface area contributed by atoms with Crippen molar-refractivity contribution in [3.8, 4) is 0 Å². The molecule has 1 heterocycles. The zero-order valence-electron chi connectivity index (χ0n) is 11.8. The highest BCUT2D eigenvalue weighted by atomic mass is 35.5. The molecule has 0 radical (unpaired) electrons. The van der Waals surface area contributed by atoms with Gasteiger partial charge in [0.2, 0.25) is 0 Å². The van der Waals surface area contributed by atoms with E-state index in [2.05, 4.69) is 23.2 Å². The smallest absolute Gasteiger partial charge is 0.0847 e. The molecule has 1 aromatic carbocycles. The van der Waals surface area contributed by atoms with Crippen molar-refractivity contribution in [2.24, 2.45) is 5.92 Å². The van der Waals surface area contributed by atoms with E-state index in [1.807, 2.05) is 12.1 Å². The van der Waals surface area contributed by atoms with Crippen molar-refractivity contribution in [1.82, 2.24) is 0 Å². The van der Waals surface area contributed by atoms with Gasteiger partial charge >= 0.3 is 0 Å². The first-order chi connectivity index (χ1) is 9.60. The van der Waals surface area contributed by atoms with Gasteiger partial charge in [0.05, 0.1) is 22.7 Å². The Bertz CT molecular complexity index is 442. The SMILES string of the molecule is CC1CCCN(c2ccc(NCC(O)CCl)cc2Cl)C1. The van der Waals surface area contributed by atoms with Crippen LogP contribution in [0.1, 0.15) is 19.8 Å². The van der Waals surface area contributed by atoms with Gasteiger partial charge in [-0.2, -0.15) is 0 Å². The molecule has 2 rings (SSSR count). The van der Waals surface area contributed by atoms with E-state index in [-0.39, 0.29) is 5.88 Å². The van der Waals surface area contributed by atoms with Gasteiger partial charge in [0.15, 0.2) is 0 Å². The van der Waals surface area contributed by atoms with Gasteiger partial charge in [-0.05, 0) is 37.0 Å². The number of rotatable bonds is 5. The van der Waals surface area contributed by atoms with E-state index in [4.69, 9.17) is 23.2 Å². The third-order valence-corrected chi connectivity index (χ3v) is 4.32. The molecule has 1 fully saturated rings. The fourth-order valence-corrected chi connectivity index (χ4v) is 2.98. The third kappa shape index (κ3) is 4.18. The quantitative estimate of drug-likeness (QED) is 0.815. The Morgan fingerprint density at radius 2 is 2.30 bits per heavy atom. The predicted molar refractivity (Wildman–Crippen MR) is 87.3 cm³/mol. The van der Waals surface area contributed by atoms with Gasteiger partial charge in [0.1, 0.15) is 0 Å². The number of alkyl halides is 1. The lowest BCUT2D eigenvalue weighted by atomic mass is 10.00. The summed E-state index contributed by atoms with van der Waals surface area (Å²) in [4.78, 5) is 2.36. The van der Waals surface area contributed by atoms with Gasteiger partial charge in [-0.1, -0.05) is 18.5 Å². The van der Waals surface area contributed by atoms with Crippen LogP contribution in [-0.4, -0.2) is 36.7 Å². The number of nitrogens with zero attached hydrogens (tertiary/aromatic N) is 1. The first kappa shape index (κ1) is 15.7. The molecule has 20 heavy (non-hydrogen) atoms. The van der Waals surface area contributed by atoms with Crippen LogP contribution >= 0.6 is 23.2 Å². The summed E-state index contributed by atoms with van der Waals surface area (Å²) in [5, 5.41) is 13.3. The molecule has 0 bridgehead atoms. The summed E-state index contributed by atoms with van der Waals surface area (Å²) < 4.78 is 0. The van der Waals surface area contributed by atoms with Crippen LogP contribution in [0.15, 0.2) is 18.2 Å². The predicted octanol–water partition coefficient (Wildman–Crippen LogP) is 3.59. The number of halogens is 2. The maximum atomic E-state index is 9.44. The van der Waals surface area contributed by atoms with E-state index < -0.39 is 6.10 Å². The van der Waals surface area contributed by atoms with Crippen molar-refractivity contribution in [1.29, 1.82) is 0 Å². The Balaban J connectivity index is 2.01. The zero-order chi connectivity index (χ0) is 14.5. The lowest BCUT2D eigenvalue weighted by Gasteiger charge is -2.33. The van der Waals surface area contributed by atoms with Crippen LogP contribution in [0.25, 0.3) is 0 Å². The Labute approximate surface area is 130 Å². The van der Waals surface area contributed by atoms with Gasteiger partial charge in [-0.25, -0.2) is 0 Å². The summed E-state index contributed by atoms with van der Waals surface area (Å²) in [6.07, 6.45) is 1.97. The number of aliphatic hydroxyl groups excluding tert-OH is 1. The molecule has 0 spiro atoms. The van der Waals surface area contributed by atoms with Crippen molar-refractivity contribution in [3.05, 3.63) is 23.2 Å². The Hall–Kier alpha value is -0.640. The topological polar surface area (TPSA) is 35.5 Å². The molecule has 2 unspecified atom stereocenters. The highest BCUT2D eigenvalue weighted by Gasteiger charge is 2.18. The van der Waals surface area contributed by atoms with Crippen molar-refractivity contribution in [2.75, 3.05) is 35.7 Å². The van der Waals surface area contributed by atoms with Gasteiger partial charge < -0.3 is 15.3 Å². The summed E-state index contributed by atoms with van der Waals surface area (Å²) in [6.45, 7) is 4.85. The second kappa shape index (κ2) is 7.39. The van der Waals surface area contributed by atoms with E-state index >= 15 is 0 Å². The Kier molecular flexibility index (Phi) is 5.82. The monoisotopic (exact) mass is 316 g/mol. The van der Waals surface area contributed by atoms with Gasteiger partial charge in [0, 0.05) is 25.3 Å². The molecule has 1 aliphatic heterocycles. The first-order valence-corrected chi connectivity index (χ1v) is 8.03. The second-order valence-electron chi connectivity index (χ2n) is 5.55. The molecule has 2 N–H and O–H groups in total. The highest BCUT2D eigenvalue weighted by Crippen LogP contribution is 2.31. The molecule has 1 aliphatic rings. The van der Waals surface area contributed by atoms with Gasteiger partial charge in [0.25, 0.3) is 0 Å². The van der Waals surface area contributed by atoms with Crippen LogP contribution in [0.4, 0.5) is 11.4 Å². The molecular weight excluding hydrogens is 295 g/mol. The normalized spacial score (nSPS) is 20.8. The number of anilines is 2. The number of piperidine rings is 1. The Morgan fingerprint density at radius 3 is 2.95 bits per heavy atom. The molecule has 1 aromatic rings. The van der Waals surface area contributed by atoms with Crippen LogP contribution in [0.5, 0.6) is 0 Å². The van der Waals surface area contributed by atoms with Crippen LogP contribution in [0, 0.1) is 5.92 Å². The second-order valence-corrected chi connectivity index (χ2v) is 6.26. The molecule has 1 saturated heterocycles. The first-order valence-electron chi connectivity index (χ1n) is 7.12. The number of aliphatic hydroxyl groups is 1. The summed E-state index contributed by atoms with van der Waals surface area (Å²) in [5.41, 5.74) is 2.01. The molecule has 0 amide bonds. The fourth-order valence-electron chi connectivity index (χ4n) is 2.57. The van der Waals surface area contributed by atoms with E-state index in [9.17, 15) is 5.11 Å². The van der Waals surface area contributed by atoms with Crippen molar-refractivity contribution in [2.45, 2.75) is 25.9 Å². The molecule has 0 saturated carbocycles. The van der Waals surface area contributed by atoms with Crippen molar-refractivity contribution in [3.63, 3.8) is 0 Å². The van der Waals surface area contributed by atoms with Gasteiger partial charge in [-0.3, -0.25) is 0 Å². The molecule has 3 nitrogen and oxygen atoms in total. The standard InChI is InChI=1S/C15H22Cl2N2O/c1-11-3-2-6-19(10-11)15-5-4-12(7-14(15)17)18-9-13(20)8-16/h4-5,7,11,13,18,20H,2-3,6,8-10H2,1H3. The Morgan fingerprint density at radius 1 is 1.50 bits per heavy atom. The van der Waals surface area contributed by atoms with E-state index in [0.717, 1.165) is 35.4 Å². The minimum absolute atomic E-state index is 0.227. The fraction of sp³-hybridized carbons (Fsp3) is 0.600. The largest absolute Gasteiger partial charge is 0.390 e.